The van der Waals surface area contributed by atoms with Crippen molar-refractivity contribution in [2.75, 3.05) is 44.2 Å². The van der Waals surface area contributed by atoms with Gasteiger partial charge in [0.05, 0.1) is 24.3 Å². The number of carbonyl (C=O) groups excluding carboxylic acids is 2. The first-order valence-electron chi connectivity index (χ1n) is 17.0. The minimum absolute atomic E-state index is 0.158. The van der Waals surface area contributed by atoms with Crippen molar-refractivity contribution in [3.05, 3.63) is 54.5 Å². The second-order valence-electron chi connectivity index (χ2n) is 13.6. The number of anilines is 1. The molecule has 13 heteroatoms. The number of nitrogens with zero attached hydrogens (tertiary/aromatic N) is 5. The van der Waals surface area contributed by atoms with Crippen molar-refractivity contribution < 1.29 is 32.6 Å². The largest absolute Gasteiger partial charge is 0.433 e. The molecule has 0 spiro atoms. The van der Waals surface area contributed by atoms with E-state index in [9.17, 15) is 27.9 Å². The van der Waals surface area contributed by atoms with Gasteiger partial charge in [-0.25, -0.2) is 10.1 Å². The fourth-order valence-electron chi connectivity index (χ4n) is 7.57. The van der Waals surface area contributed by atoms with Gasteiger partial charge >= 0.3 is 6.18 Å². The van der Waals surface area contributed by atoms with Crippen LogP contribution in [0.3, 0.4) is 0 Å². The van der Waals surface area contributed by atoms with Crippen LogP contribution in [0.15, 0.2) is 48.8 Å². The summed E-state index contributed by atoms with van der Waals surface area (Å²) >= 11 is 0. The van der Waals surface area contributed by atoms with Crippen LogP contribution in [-0.2, 0) is 32.7 Å². The number of pyridine rings is 2. The molecule has 3 aliphatic rings. The van der Waals surface area contributed by atoms with Crippen molar-refractivity contribution in [1.29, 1.82) is 0 Å². The SMILES string of the molecule is Cn1c2cc(-c3ccc(N4CC(OC5CCN(CCCC(C[O])C6CCC(=O)NC6=O)CC5)C4)nc3)ccc2c2cnc(C(F)(F)F)cc21. The van der Waals surface area contributed by atoms with Crippen LogP contribution in [-0.4, -0.2) is 82.8 Å². The third-order valence-electron chi connectivity index (χ3n) is 10.5. The Morgan fingerprint density at radius 3 is 2.39 bits per heavy atom. The van der Waals surface area contributed by atoms with Crippen molar-refractivity contribution in [3.8, 4) is 11.1 Å². The zero-order valence-electron chi connectivity index (χ0n) is 27.4. The van der Waals surface area contributed by atoms with Gasteiger partial charge in [-0.05, 0) is 74.4 Å². The zero-order valence-corrected chi connectivity index (χ0v) is 27.4. The van der Waals surface area contributed by atoms with E-state index < -0.39 is 11.9 Å². The molecule has 2 unspecified atom stereocenters. The van der Waals surface area contributed by atoms with E-state index in [-0.39, 0.29) is 42.5 Å². The predicted molar refractivity (Wildman–Crippen MR) is 177 cm³/mol. The van der Waals surface area contributed by atoms with Crippen LogP contribution >= 0.6 is 0 Å². The molecule has 2 atom stereocenters. The normalized spacial score (nSPS) is 20.6. The summed E-state index contributed by atoms with van der Waals surface area (Å²) in [5.74, 6) is -0.229. The van der Waals surface area contributed by atoms with E-state index >= 15 is 0 Å². The number of benzene rings is 1. The molecule has 6 heterocycles. The molecule has 1 N–H and O–H groups in total. The van der Waals surface area contributed by atoms with Crippen LogP contribution in [0.1, 0.15) is 44.2 Å². The summed E-state index contributed by atoms with van der Waals surface area (Å²) in [6.45, 7) is 4.05. The number of piperidine rings is 2. The second-order valence-corrected chi connectivity index (χ2v) is 13.6. The minimum Gasteiger partial charge on any atom is -0.371 e. The topological polar surface area (TPSA) is 112 Å². The van der Waals surface area contributed by atoms with Crippen molar-refractivity contribution in [3.63, 3.8) is 0 Å². The molecule has 3 aromatic heterocycles. The monoisotopic (exact) mass is 677 g/mol. The highest BCUT2D eigenvalue weighted by atomic mass is 19.4. The average Bonchev–Trinajstić information content (AvgIpc) is 3.35. The van der Waals surface area contributed by atoms with Gasteiger partial charge < -0.3 is 19.1 Å². The Labute approximate surface area is 282 Å². The summed E-state index contributed by atoms with van der Waals surface area (Å²) in [5.41, 5.74) is 2.25. The molecule has 2 amide bonds. The number of carbonyl (C=O) groups is 2. The van der Waals surface area contributed by atoms with E-state index in [1.807, 2.05) is 36.5 Å². The Balaban J connectivity index is 0.866. The summed E-state index contributed by atoms with van der Waals surface area (Å²) in [5, 5.41) is 15.7. The standard InChI is InChI=1S/C36H40F3N6O4/c1-43-30-15-22(4-6-28(30)29-18-40-32(16-31(29)43)36(37,38)39)23-5-8-33(41-17-23)45-19-26(20-45)49-25-10-13-44(14-11-25)12-2-3-24(21-46)27-7-9-34(47)42-35(27)48/h4-6,8,15-18,24-27H,2-3,7,9-14,19-21H2,1H3,(H,42,47,48). The average molecular weight is 678 g/mol. The molecule has 3 saturated heterocycles. The van der Waals surface area contributed by atoms with E-state index in [1.165, 1.54) is 6.20 Å². The maximum Gasteiger partial charge on any atom is 0.433 e. The van der Waals surface area contributed by atoms with Crippen molar-refractivity contribution in [2.45, 2.75) is 56.9 Å². The highest BCUT2D eigenvalue weighted by Gasteiger charge is 2.35. The lowest BCUT2D eigenvalue weighted by atomic mass is 9.83. The molecule has 49 heavy (non-hydrogen) atoms. The van der Waals surface area contributed by atoms with Gasteiger partial charge in [0, 0.05) is 79.8 Å². The molecule has 0 bridgehead atoms. The number of aryl methyl sites for hydroxylation is 1. The molecule has 1 radical (unpaired) electrons. The highest BCUT2D eigenvalue weighted by Crippen LogP contribution is 2.35. The highest BCUT2D eigenvalue weighted by molar-refractivity contribution is 6.08. The zero-order chi connectivity index (χ0) is 34.3. The van der Waals surface area contributed by atoms with Crippen LogP contribution in [0.25, 0.3) is 32.9 Å². The summed E-state index contributed by atoms with van der Waals surface area (Å²) in [6, 6.07) is 11.0. The fraction of sp³-hybridized carbons (Fsp3) is 0.500. The van der Waals surface area contributed by atoms with Gasteiger partial charge in [-0.2, -0.15) is 13.2 Å². The van der Waals surface area contributed by atoms with Gasteiger partial charge in [-0.3, -0.25) is 19.9 Å². The number of hydrogen-bond donors (Lipinski definition) is 1. The van der Waals surface area contributed by atoms with Gasteiger partial charge in [-0.15, -0.1) is 0 Å². The molecule has 3 aliphatic heterocycles. The number of imide groups is 1. The van der Waals surface area contributed by atoms with Crippen LogP contribution in [0.5, 0.6) is 0 Å². The van der Waals surface area contributed by atoms with E-state index in [1.54, 1.807) is 11.6 Å². The lowest BCUT2D eigenvalue weighted by Crippen LogP contribution is -2.54. The molecular formula is C36H40F3N6O4. The van der Waals surface area contributed by atoms with Crippen molar-refractivity contribution in [1.82, 2.24) is 24.8 Å². The molecule has 0 aliphatic carbocycles. The Morgan fingerprint density at radius 2 is 1.69 bits per heavy atom. The summed E-state index contributed by atoms with van der Waals surface area (Å²) in [4.78, 5) is 36.5. The van der Waals surface area contributed by atoms with Crippen LogP contribution in [0, 0.1) is 11.8 Å². The lowest BCUT2D eigenvalue weighted by molar-refractivity contribution is -0.141. The fourth-order valence-corrected chi connectivity index (χ4v) is 7.57. The number of likely N-dealkylation sites (tertiary alicyclic amines) is 1. The van der Waals surface area contributed by atoms with E-state index in [2.05, 4.69) is 20.1 Å². The molecule has 7 rings (SSSR count). The molecule has 10 nitrogen and oxygen atoms in total. The maximum absolute atomic E-state index is 13.3. The molecule has 1 aromatic carbocycles. The number of amides is 2. The molecule has 259 valence electrons. The molecule has 4 aromatic rings. The third kappa shape index (κ3) is 7.01. The van der Waals surface area contributed by atoms with Gasteiger partial charge in [0.2, 0.25) is 11.8 Å². The van der Waals surface area contributed by atoms with E-state index in [0.29, 0.717) is 30.2 Å². The maximum atomic E-state index is 13.3. The summed E-state index contributed by atoms with van der Waals surface area (Å²) in [7, 11) is 1.77. The Morgan fingerprint density at radius 1 is 0.939 bits per heavy atom. The van der Waals surface area contributed by atoms with E-state index in [4.69, 9.17) is 9.72 Å². The quantitative estimate of drug-likeness (QED) is 0.225. The molecule has 3 fully saturated rings. The number of nitrogens with one attached hydrogen (secondary N) is 1. The predicted octanol–water partition coefficient (Wildman–Crippen LogP) is 5.36. The number of halogens is 3. The van der Waals surface area contributed by atoms with Gasteiger partial charge in [0.25, 0.3) is 0 Å². The van der Waals surface area contributed by atoms with Crippen LogP contribution < -0.4 is 10.2 Å². The van der Waals surface area contributed by atoms with Gasteiger partial charge in [0.15, 0.2) is 0 Å². The summed E-state index contributed by atoms with van der Waals surface area (Å²) < 4.78 is 47.9. The first kappa shape index (κ1) is 33.4. The van der Waals surface area contributed by atoms with Crippen molar-refractivity contribution in [2.24, 2.45) is 18.9 Å². The first-order chi connectivity index (χ1) is 23.6. The van der Waals surface area contributed by atoms with Gasteiger partial charge in [0.1, 0.15) is 11.5 Å². The van der Waals surface area contributed by atoms with E-state index in [0.717, 1.165) is 85.9 Å². The second kappa shape index (κ2) is 13.7. The minimum atomic E-state index is -4.50. The first-order valence-corrected chi connectivity index (χ1v) is 17.0. The number of aromatic nitrogens is 3. The van der Waals surface area contributed by atoms with Gasteiger partial charge in [-0.1, -0.05) is 12.1 Å². The number of ether oxygens (including phenoxy) is 1. The van der Waals surface area contributed by atoms with Crippen LogP contribution in [0.4, 0.5) is 19.0 Å². The number of rotatable bonds is 10. The molecule has 0 saturated carbocycles. The number of hydrogen-bond acceptors (Lipinski definition) is 7. The summed E-state index contributed by atoms with van der Waals surface area (Å²) in [6.07, 6.45) is 3.28. The smallest absolute Gasteiger partial charge is 0.371 e. The molecular weight excluding hydrogens is 637 g/mol. The number of fused-ring (bicyclic) bond motifs is 3. The third-order valence-corrected chi connectivity index (χ3v) is 10.5. The lowest BCUT2D eigenvalue weighted by Gasteiger charge is -2.43. The van der Waals surface area contributed by atoms with Crippen LogP contribution in [0.2, 0.25) is 0 Å². The Bertz CT molecular complexity index is 1830. The Kier molecular flexibility index (Phi) is 9.33. The Hall–Kier alpha value is -4.07. The van der Waals surface area contributed by atoms with Crippen molar-refractivity contribution >= 4 is 39.4 Å². The number of alkyl halides is 3.